The summed E-state index contributed by atoms with van der Waals surface area (Å²) in [6.07, 6.45) is 0. The number of thiophene rings is 1. The van der Waals surface area contributed by atoms with Crippen molar-refractivity contribution in [3.8, 4) is 5.75 Å². The lowest BCUT2D eigenvalue weighted by Crippen LogP contribution is -2.45. The topological polar surface area (TPSA) is 67.4 Å². The van der Waals surface area contributed by atoms with E-state index in [1.165, 1.54) is 11.3 Å². The number of carbonyl (C=O) groups excluding carboxylic acids is 2. The number of amides is 2. The van der Waals surface area contributed by atoms with E-state index in [9.17, 15) is 9.59 Å². The van der Waals surface area contributed by atoms with Crippen LogP contribution in [-0.4, -0.2) is 17.4 Å². The van der Waals surface area contributed by atoms with Gasteiger partial charge in [0.1, 0.15) is 11.4 Å². The van der Waals surface area contributed by atoms with Crippen LogP contribution in [0.25, 0.3) is 0 Å². The molecule has 2 aromatic rings. The summed E-state index contributed by atoms with van der Waals surface area (Å²) in [5, 5.41) is 7.43. The van der Waals surface area contributed by atoms with E-state index in [1.54, 1.807) is 38.1 Å². The lowest BCUT2D eigenvalue weighted by molar-refractivity contribution is -0.129. The molecular weight excluding hydrogens is 288 g/mol. The molecule has 1 aromatic carbocycles. The molecular formula is C15H14N2O3S. The molecule has 0 spiro atoms. The van der Waals surface area contributed by atoms with Crippen molar-refractivity contribution in [2.75, 3.05) is 10.6 Å². The maximum Gasteiger partial charge on any atom is 0.268 e. The van der Waals surface area contributed by atoms with Crippen LogP contribution in [-0.2, 0) is 4.79 Å². The zero-order valence-corrected chi connectivity index (χ0v) is 12.4. The first-order valence-electron chi connectivity index (χ1n) is 6.46. The molecule has 5 nitrogen and oxygen atoms in total. The summed E-state index contributed by atoms with van der Waals surface area (Å²) in [6.45, 7) is 3.39. The number of nitrogens with one attached hydrogen (secondary N) is 2. The third-order valence-corrected chi connectivity index (χ3v) is 4.04. The first kappa shape index (κ1) is 13.6. The Morgan fingerprint density at radius 3 is 2.81 bits per heavy atom. The Morgan fingerprint density at radius 2 is 2.10 bits per heavy atom. The lowest BCUT2D eigenvalue weighted by Gasteiger charge is -2.32. The van der Waals surface area contributed by atoms with Crippen molar-refractivity contribution in [2.24, 2.45) is 0 Å². The van der Waals surface area contributed by atoms with Crippen LogP contribution < -0.4 is 15.4 Å². The summed E-state index contributed by atoms with van der Waals surface area (Å²) in [6, 6.07) is 8.82. The van der Waals surface area contributed by atoms with Gasteiger partial charge in [-0.1, -0.05) is 12.1 Å². The molecule has 2 heterocycles. The number of para-hydroxylation sites is 1. The fourth-order valence-corrected chi connectivity index (χ4v) is 2.65. The third kappa shape index (κ3) is 2.50. The second-order valence-electron chi connectivity index (χ2n) is 5.18. The molecule has 6 heteroatoms. The average Bonchev–Trinajstić information content (AvgIpc) is 2.94. The molecule has 1 aliphatic heterocycles. The zero-order chi connectivity index (χ0) is 15.0. The molecule has 108 valence electrons. The van der Waals surface area contributed by atoms with Crippen molar-refractivity contribution in [2.45, 2.75) is 19.4 Å². The quantitative estimate of drug-likeness (QED) is 0.895. The Balaban J connectivity index is 1.92. The van der Waals surface area contributed by atoms with Crippen LogP contribution in [0.15, 0.2) is 35.7 Å². The Morgan fingerprint density at radius 1 is 1.29 bits per heavy atom. The van der Waals surface area contributed by atoms with Crippen molar-refractivity contribution in [1.29, 1.82) is 0 Å². The number of hydrogen-bond acceptors (Lipinski definition) is 4. The molecule has 21 heavy (non-hydrogen) atoms. The summed E-state index contributed by atoms with van der Waals surface area (Å²) in [5.74, 6) is 0.0916. The zero-order valence-electron chi connectivity index (χ0n) is 11.6. The minimum absolute atomic E-state index is 0.211. The van der Waals surface area contributed by atoms with Crippen molar-refractivity contribution in [1.82, 2.24) is 0 Å². The highest BCUT2D eigenvalue weighted by Crippen LogP contribution is 2.39. The molecule has 0 aliphatic carbocycles. The van der Waals surface area contributed by atoms with Crippen molar-refractivity contribution < 1.29 is 14.3 Å². The van der Waals surface area contributed by atoms with Gasteiger partial charge >= 0.3 is 0 Å². The maximum atomic E-state index is 12.1. The number of carbonyl (C=O) groups is 2. The van der Waals surface area contributed by atoms with Gasteiger partial charge in [-0.25, -0.2) is 0 Å². The number of ether oxygens (including phenoxy) is 1. The molecule has 0 fully saturated rings. The number of rotatable bonds is 2. The molecule has 1 aliphatic rings. The SMILES string of the molecule is CC1(C)Oc2cccc(NC(=O)c3cccs3)c2NC1=O. The number of benzene rings is 1. The highest BCUT2D eigenvalue weighted by Gasteiger charge is 2.36. The van der Waals surface area contributed by atoms with E-state index in [-0.39, 0.29) is 11.8 Å². The van der Waals surface area contributed by atoms with E-state index < -0.39 is 5.60 Å². The van der Waals surface area contributed by atoms with Gasteiger partial charge in [0, 0.05) is 0 Å². The van der Waals surface area contributed by atoms with Gasteiger partial charge < -0.3 is 15.4 Å². The number of anilines is 2. The van der Waals surface area contributed by atoms with Gasteiger partial charge in [-0.05, 0) is 37.4 Å². The van der Waals surface area contributed by atoms with Crippen molar-refractivity contribution >= 4 is 34.5 Å². The first-order valence-corrected chi connectivity index (χ1v) is 7.34. The molecule has 0 saturated carbocycles. The van der Waals surface area contributed by atoms with E-state index >= 15 is 0 Å². The summed E-state index contributed by atoms with van der Waals surface area (Å²) in [4.78, 5) is 24.7. The Hall–Kier alpha value is -2.34. The monoisotopic (exact) mass is 302 g/mol. The fraction of sp³-hybridized carbons (Fsp3) is 0.200. The summed E-state index contributed by atoms with van der Waals surface area (Å²) >= 11 is 1.36. The first-order chi connectivity index (χ1) is 9.97. The number of fused-ring (bicyclic) bond motifs is 1. The van der Waals surface area contributed by atoms with Crippen LogP contribution >= 0.6 is 11.3 Å². The van der Waals surface area contributed by atoms with E-state index in [0.717, 1.165) is 0 Å². The van der Waals surface area contributed by atoms with Crippen molar-refractivity contribution in [3.05, 3.63) is 40.6 Å². The second kappa shape index (κ2) is 4.89. The molecule has 3 rings (SSSR count). The summed E-state index contributed by atoms with van der Waals surface area (Å²) < 4.78 is 5.68. The van der Waals surface area contributed by atoms with Gasteiger partial charge in [0.15, 0.2) is 5.60 Å². The molecule has 0 radical (unpaired) electrons. The van der Waals surface area contributed by atoms with E-state index in [0.29, 0.717) is 22.0 Å². The van der Waals surface area contributed by atoms with Gasteiger partial charge in [0.2, 0.25) is 0 Å². The van der Waals surface area contributed by atoms with Crippen LogP contribution in [0.3, 0.4) is 0 Å². The molecule has 0 atom stereocenters. The fourth-order valence-electron chi connectivity index (χ4n) is 2.03. The van der Waals surface area contributed by atoms with Gasteiger partial charge in [-0.15, -0.1) is 11.3 Å². The van der Waals surface area contributed by atoms with Gasteiger partial charge in [0.05, 0.1) is 10.6 Å². The molecule has 0 saturated heterocycles. The third-order valence-electron chi connectivity index (χ3n) is 3.17. The van der Waals surface area contributed by atoms with Gasteiger partial charge in [0.25, 0.3) is 11.8 Å². The minimum Gasteiger partial charge on any atom is -0.476 e. The maximum absolute atomic E-state index is 12.1. The van der Waals surface area contributed by atoms with Crippen LogP contribution in [0, 0.1) is 0 Å². The smallest absolute Gasteiger partial charge is 0.268 e. The van der Waals surface area contributed by atoms with E-state index in [1.807, 2.05) is 11.4 Å². The van der Waals surface area contributed by atoms with E-state index in [4.69, 9.17) is 4.74 Å². The normalized spacial score (nSPS) is 15.6. The molecule has 0 unspecified atom stereocenters. The Kier molecular flexibility index (Phi) is 3.17. The predicted octanol–water partition coefficient (Wildman–Crippen LogP) is 3.11. The van der Waals surface area contributed by atoms with Crippen molar-refractivity contribution in [3.63, 3.8) is 0 Å². The van der Waals surface area contributed by atoms with Gasteiger partial charge in [-0.3, -0.25) is 9.59 Å². The summed E-state index contributed by atoms with van der Waals surface area (Å²) in [5.41, 5.74) is 0.0881. The molecule has 2 amide bonds. The Bertz CT molecular complexity index is 708. The van der Waals surface area contributed by atoms with Gasteiger partial charge in [-0.2, -0.15) is 0 Å². The predicted molar refractivity (Wildman–Crippen MR) is 82.1 cm³/mol. The van der Waals surface area contributed by atoms with Crippen LogP contribution in [0.5, 0.6) is 5.75 Å². The second-order valence-corrected chi connectivity index (χ2v) is 6.12. The molecule has 1 aromatic heterocycles. The summed E-state index contributed by atoms with van der Waals surface area (Å²) in [7, 11) is 0. The molecule has 0 bridgehead atoms. The largest absolute Gasteiger partial charge is 0.476 e. The lowest BCUT2D eigenvalue weighted by atomic mass is 10.1. The Labute approximate surface area is 125 Å². The van der Waals surface area contributed by atoms with Crippen LogP contribution in [0.1, 0.15) is 23.5 Å². The highest BCUT2D eigenvalue weighted by molar-refractivity contribution is 7.12. The standard InChI is InChI=1S/C15H14N2O3S/c1-15(2)14(19)17-12-9(5-3-6-10(12)20-15)16-13(18)11-7-4-8-21-11/h3-8H,1-2H3,(H,16,18)(H,17,19). The van der Waals surface area contributed by atoms with Crippen LogP contribution in [0.2, 0.25) is 0 Å². The average molecular weight is 302 g/mol. The molecule has 2 N–H and O–H groups in total. The van der Waals surface area contributed by atoms with Crippen LogP contribution in [0.4, 0.5) is 11.4 Å². The highest BCUT2D eigenvalue weighted by atomic mass is 32.1. The minimum atomic E-state index is -0.927. The van der Waals surface area contributed by atoms with E-state index in [2.05, 4.69) is 10.6 Å². The number of hydrogen-bond donors (Lipinski definition) is 2.